The third kappa shape index (κ3) is 4.46. The molecule has 0 bridgehead atoms. The van der Waals surface area contributed by atoms with E-state index in [0.29, 0.717) is 13.1 Å². The van der Waals surface area contributed by atoms with Gasteiger partial charge in [-0.05, 0) is 49.2 Å². The van der Waals surface area contributed by atoms with Crippen LogP contribution in [0.2, 0.25) is 0 Å². The number of hydrogen-bond donors (Lipinski definition) is 0. The van der Waals surface area contributed by atoms with Crippen LogP contribution in [-0.4, -0.2) is 60.3 Å². The molecule has 148 valence electrons. The summed E-state index contributed by atoms with van der Waals surface area (Å²) in [7, 11) is 0. The van der Waals surface area contributed by atoms with Crippen molar-refractivity contribution in [2.45, 2.75) is 25.7 Å². The highest BCUT2D eigenvalue weighted by atomic mass is 79.9. The van der Waals surface area contributed by atoms with Crippen LogP contribution in [0.15, 0.2) is 40.9 Å². The number of halogens is 1. The van der Waals surface area contributed by atoms with Gasteiger partial charge in [0.15, 0.2) is 11.6 Å². The molecule has 0 unspecified atom stereocenters. The summed E-state index contributed by atoms with van der Waals surface area (Å²) < 4.78 is 0.982. The molecule has 0 atom stereocenters. The second-order valence-electron chi connectivity index (χ2n) is 7.44. The van der Waals surface area contributed by atoms with Gasteiger partial charge in [-0.3, -0.25) is 4.79 Å². The summed E-state index contributed by atoms with van der Waals surface area (Å²) in [5.74, 6) is 1.97. The molecule has 2 aromatic rings. The Morgan fingerprint density at radius 1 is 0.714 bits per heavy atom. The highest BCUT2D eigenvalue weighted by Crippen LogP contribution is 2.20. The number of anilines is 2. The molecule has 0 N–H and O–H groups in total. The summed E-state index contributed by atoms with van der Waals surface area (Å²) >= 11 is 3.41. The summed E-state index contributed by atoms with van der Waals surface area (Å²) in [6.07, 6.45) is 5.09. The van der Waals surface area contributed by atoms with Crippen molar-refractivity contribution in [1.29, 1.82) is 0 Å². The van der Waals surface area contributed by atoms with Gasteiger partial charge in [0.1, 0.15) is 0 Å². The molecule has 2 saturated heterocycles. The number of piperazine rings is 1. The zero-order valence-corrected chi connectivity index (χ0v) is 17.6. The maximum absolute atomic E-state index is 12.7. The molecular formula is C21H26BrN5O. The second kappa shape index (κ2) is 8.90. The number of amides is 1. The predicted octanol–water partition coefficient (Wildman–Crippen LogP) is 3.58. The first-order valence-corrected chi connectivity index (χ1v) is 10.9. The smallest absolute Gasteiger partial charge is 0.253 e. The Balaban J connectivity index is 1.34. The van der Waals surface area contributed by atoms with Gasteiger partial charge >= 0.3 is 0 Å². The standard InChI is InChI=1S/C21H26BrN5O/c22-18-7-5-17(6-8-18)21(28)27-15-13-26(14-16-27)20-10-9-19(23-24-20)25-11-3-1-2-4-12-25/h5-10H,1-4,11-16H2. The Hall–Kier alpha value is -2.15. The van der Waals surface area contributed by atoms with Crippen molar-refractivity contribution in [2.75, 3.05) is 49.1 Å². The lowest BCUT2D eigenvalue weighted by molar-refractivity contribution is 0.0746. The average Bonchev–Trinajstić information content (AvgIpc) is 3.04. The van der Waals surface area contributed by atoms with Gasteiger partial charge in [-0.25, -0.2) is 0 Å². The molecule has 28 heavy (non-hydrogen) atoms. The minimum atomic E-state index is 0.0924. The second-order valence-corrected chi connectivity index (χ2v) is 8.35. The first-order valence-electron chi connectivity index (χ1n) is 10.1. The summed E-state index contributed by atoms with van der Waals surface area (Å²) in [6.45, 7) is 5.10. The van der Waals surface area contributed by atoms with E-state index in [-0.39, 0.29) is 5.91 Å². The highest BCUT2D eigenvalue weighted by Gasteiger charge is 2.23. The fourth-order valence-corrected chi connectivity index (χ4v) is 4.13. The van der Waals surface area contributed by atoms with Crippen LogP contribution in [-0.2, 0) is 0 Å². The molecule has 0 saturated carbocycles. The number of nitrogens with zero attached hydrogens (tertiary/aromatic N) is 5. The molecule has 0 aliphatic carbocycles. The third-order valence-corrected chi connectivity index (χ3v) is 6.08. The van der Waals surface area contributed by atoms with Gasteiger partial charge in [-0.15, -0.1) is 10.2 Å². The molecule has 2 fully saturated rings. The molecular weight excluding hydrogens is 418 g/mol. The fourth-order valence-electron chi connectivity index (χ4n) is 3.87. The molecule has 1 aromatic heterocycles. The van der Waals surface area contributed by atoms with Crippen molar-refractivity contribution >= 4 is 33.5 Å². The first kappa shape index (κ1) is 19.2. The van der Waals surface area contributed by atoms with Crippen molar-refractivity contribution < 1.29 is 4.79 Å². The Morgan fingerprint density at radius 3 is 1.79 bits per heavy atom. The maximum atomic E-state index is 12.7. The van der Waals surface area contributed by atoms with Crippen molar-refractivity contribution in [2.24, 2.45) is 0 Å². The largest absolute Gasteiger partial charge is 0.355 e. The number of carbonyl (C=O) groups excluding carboxylic acids is 1. The molecule has 7 heteroatoms. The summed E-state index contributed by atoms with van der Waals surface area (Å²) in [6, 6.07) is 11.7. The Morgan fingerprint density at radius 2 is 1.25 bits per heavy atom. The quantitative estimate of drug-likeness (QED) is 0.725. The molecule has 2 aliphatic rings. The summed E-state index contributed by atoms with van der Waals surface area (Å²) in [5, 5.41) is 8.95. The van der Waals surface area contributed by atoms with Gasteiger partial charge in [0, 0.05) is 49.3 Å². The van der Waals surface area contributed by atoms with Gasteiger partial charge in [0.2, 0.25) is 0 Å². The van der Waals surface area contributed by atoms with E-state index in [0.717, 1.165) is 47.9 Å². The maximum Gasteiger partial charge on any atom is 0.253 e. The van der Waals surface area contributed by atoms with Gasteiger partial charge in [-0.2, -0.15) is 0 Å². The lowest BCUT2D eigenvalue weighted by atomic mass is 10.2. The predicted molar refractivity (Wildman–Crippen MR) is 115 cm³/mol. The molecule has 6 nitrogen and oxygen atoms in total. The van der Waals surface area contributed by atoms with Crippen LogP contribution in [0.3, 0.4) is 0 Å². The van der Waals surface area contributed by atoms with Gasteiger partial charge < -0.3 is 14.7 Å². The monoisotopic (exact) mass is 443 g/mol. The molecule has 1 aromatic carbocycles. The van der Waals surface area contributed by atoms with E-state index in [2.05, 4.69) is 48.1 Å². The fraction of sp³-hybridized carbons (Fsp3) is 0.476. The molecule has 0 spiro atoms. The van der Waals surface area contributed by atoms with Crippen LogP contribution < -0.4 is 9.80 Å². The van der Waals surface area contributed by atoms with Gasteiger partial charge in [0.25, 0.3) is 5.91 Å². The Labute approximate surface area is 174 Å². The zero-order valence-electron chi connectivity index (χ0n) is 16.1. The van der Waals surface area contributed by atoms with Crippen molar-refractivity contribution in [3.63, 3.8) is 0 Å². The topological polar surface area (TPSA) is 52.6 Å². The Kier molecular flexibility index (Phi) is 6.10. The highest BCUT2D eigenvalue weighted by molar-refractivity contribution is 9.10. The van der Waals surface area contributed by atoms with Crippen molar-refractivity contribution in [3.8, 4) is 0 Å². The van der Waals surface area contributed by atoms with Crippen LogP contribution in [0.1, 0.15) is 36.0 Å². The van der Waals surface area contributed by atoms with E-state index in [9.17, 15) is 4.79 Å². The Bertz CT molecular complexity index is 779. The number of rotatable bonds is 3. The number of carbonyl (C=O) groups is 1. The molecule has 0 radical (unpaired) electrons. The van der Waals surface area contributed by atoms with Gasteiger partial charge in [-0.1, -0.05) is 28.8 Å². The van der Waals surface area contributed by atoms with E-state index < -0.39 is 0 Å². The number of aromatic nitrogens is 2. The van der Waals surface area contributed by atoms with Crippen molar-refractivity contribution in [1.82, 2.24) is 15.1 Å². The third-order valence-electron chi connectivity index (χ3n) is 5.55. The minimum Gasteiger partial charge on any atom is -0.355 e. The molecule has 1 amide bonds. The van der Waals surface area contributed by atoms with E-state index in [4.69, 9.17) is 0 Å². The number of benzene rings is 1. The SMILES string of the molecule is O=C(c1ccc(Br)cc1)N1CCN(c2ccc(N3CCCCCC3)nn2)CC1. The molecule has 3 heterocycles. The zero-order chi connectivity index (χ0) is 19.3. The van der Waals surface area contributed by atoms with Crippen molar-refractivity contribution in [3.05, 3.63) is 46.4 Å². The molecule has 4 rings (SSSR count). The first-order chi connectivity index (χ1) is 13.7. The minimum absolute atomic E-state index is 0.0924. The van der Waals surface area contributed by atoms with Crippen LogP contribution in [0.4, 0.5) is 11.6 Å². The summed E-state index contributed by atoms with van der Waals surface area (Å²) in [5.41, 5.74) is 0.734. The van der Waals surface area contributed by atoms with Crippen LogP contribution in [0.25, 0.3) is 0 Å². The van der Waals surface area contributed by atoms with E-state index in [1.807, 2.05) is 29.2 Å². The van der Waals surface area contributed by atoms with Crippen LogP contribution in [0.5, 0.6) is 0 Å². The number of hydrogen-bond acceptors (Lipinski definition) is 5. The average molecular weight is 444 g/mol. The lowest BCUT2D eigenvalue weighted by Gasteiger charge is -2.35. The molecule has 2 aliphatic heterocycles. The summed E-state index contributed by atoms with van der Waals surface area (Å²) in [4.78, 5) is 19.1. The van der Waals surface area contributed by atoms with E-state index in [1.54, 1.807) is 0 Å². The lowest BCUT2D eigenvalue weighted by Crippen LogP contribution is -2.49. The van der Waals surface area contributed by atoms with Gasteiger partial charge in [0.05, 0.1) is 0 Å². The van der Waals surface area contributed by atoms with Crippen LogP contribution in [0, 0.1) is 0 Å². The van der Waals surface area contributed by atoms with E-state index in [1.165, 1.54) is 25.7 Å². The van der Waals surface area contributed by atoms with E-state index >= 15 is 0 Å². The normalized spacial score (nSPS) is 18.1. The van der Waals surface area contributed by atoms with Crippen LogP contribution >= 0.6 is 15.9 Å².